The van der Waals surface area contributed by atoms with E-state index in [4.69, 9.17) is 23.2 Å². The number of benzene rings is 2. The Bertz CT molecular complexity index is 1040. The second kappa shape index (κ2) is 8.52. The lowest BCUT2D eigenvalue weighted by Crippen LogP contribution is -2.33. The minimum absolute atomic E-state index is 0.146. The highest BCUT2D eigenvalue weighted by atomic mass is 35.5. The molecule has 0 aliphatic carbocycles. The standard InChI is InChI=1S/C19H18Cl2N4O2/c1-2-25(11-18(26)22-12-7-8-14(20)15(21)9-12)10-17-23-16-6-4-3-5-13(16)19(27)24-17/h3-9H,2,10-11H2,1H3,(H,22,26)(H,23,24,27). The lowest BCUT2D eigenvalue weighted by atomic mass is 10.2. The van der Waals surface area contributed by atoms with Crippen LogP contribution in [0.5, 0.6) is 0 Å². The minimum atomic E-state index is -0.196. The predicted octanol–water partition coefficient (Wildman–Crippen LogP) is 3.69. The third-order valence-electron chi connectivity index (χ3n) is 4.05. The van der Waals surface area contributed by atoms with Crippen LogP contribution in [0.25, 0.3) is 10.9 Å². The van der Waals surface area contributed by atoms with E-state index in [9.17, 15) is 9.59 Å². The van der Waals surface area contributed by atoms with E-state index in [-0.39, 0.29) is 18.0 Å². The molecule has 8 heteroatoms. The van der Waals surface area contributed by atoms with Crippen molar-refractivity contribution >= 4 is 45.7 Å². The molecular formula is C19H18Cl2N4O2. The van der Waals surface area contributed by atoms with Crippen LogP contribution < -0.4 is 10.9 Å². The topological polar surface area (TPSA) is 78.1 Å². The molecular weight excluding hydrogens is 387 g/mol. The van der Waals surface area contributed by atoms with Crippen molar-refractivity contribution < 1.29 is 4.79 Å². The van der Waals surface area contributed by atoms with Crippen LogP contribution in [0.4, 0.5) is 5.69 Å². The zero-order valence-corrected chi connectivity index (χ0v) is 16.1. The zero-order valence-electron chi connectivity index (χ0n) is 14.6. The Morgan fingerprint density at radius 3 is 2.70 bits per heavy atom. The van der Waals surface area contributed by atoms with Gasteiger partial charge in [-0.1, -0.05) is 42.3 Å². The van der Waals surface area contributed by atoms with E-state index in [1.165, 1.54) is 0 Å². The summed E-state index contributed by atoms with van der Waals surface area (Å²) in [6, 6.07) is 12.1. The van der Waals surface area contributed by atoms with Gasteiger partial charge in [0.1, 0.15) is 5.82 Å². The molecule has 0 unspecified atom stereocenters. The highest BCUT2D eigenvalue weighted by Crippen LogP contribution is 2.24. The summed E-state index contributed by atoms with van der Waals surface area (Å²) in [5.74, 6) is 0.321. The van der Waals surface area contributed by atoms with Crippen LogP contribution in [0.1, 0.15) is 12.7 Å². The molecule has 2 aromatic carbocycles. The number of hydrogen-bond acceptors (Lipinski definition) is 4. The van der Waals surface area contributed by atoms with Crippen molar-refractivity contribution in [2.45, 2.75) is 13.5 Å². The van der Waals surface area contributed by atoms with Crippen LogP contribution in [0.3, 0.4) is 0 Å². The first-order valence-electron chi connectivity index (χ1n) is 8.41. The molecule has 3 aromatic rings. The van der Waals surface area contributed by atoms with Gasteiger partial charge in [-0.15, -0.1) is 0 Å². The van der Waals surface area contributed by atoms with Crippen LogP contribution in [0.2, 0.25) is 10.0 Å². The molecule has 2 N–H and O–H groups in total. The maximum Gasteiger partial charge on any atom is 0.258 e. The molecule has 3 rings (SSSR count). The highest BCUT2D eigenvalue weighted by Gasteiger charge is 2.13. The number of H-pyrrole nitrogens is 1. The molecule has 0 atom stereocenters. The SMILES string of the molecule is CCN(CC(=O)Nc1ccc(Cl)c(Cl)c1)Cc1nc2ccccc2c(=O)[nH]1. The number of nitrogens with one attached hydrogen (secondary N) is 2. The number of para-hydroxylation sites is 1. The van der Waals surface area contributed by atoms with E-state index in [0.29, 0.717) is 45.5 Å². The van der Waals surface area contributed by atoms with E-state index in [2.05, 4.69) is 15.3 Å². The van der Waals surface area contributed by atoms with Gasteiger partial charge in [-0.25, -0.2) is 4.98 Å². The molecule has 0 spiro atoms. The molecule has 0 aliphatic rings. The fourth-order valence-electron chi connectivity index (χ4n) is 2.68. The van der Waals surface area contributed by atoms with Crippen LogP contribution in [0, 0.1) is 0 Å². The Kier molecular flexibility index (Phi) is 6.11. The van der Waals surface area contributed by atoms with Gasteiger partial charge in [-0.05, 0) is 36.9 Å². The third-order valence-corrected chi connectivity index (χ3v) is 4.79. The average Bonchev–Trinajstić information content (AvgIpc) is 2.64. The molecule has 0 saturated carbocycles. The maximum absolute atomic E-state index is 12.3. The fraction of sp³-hybridized carbons (Fsp3) is 0.211. The smallest absolute Gasteiger partial charge is 0.258 e. The van der Waals surface area contributed by atoms with Gasteiger partial charge in [-0.2, -0.15) is 0 Å². The second-order valence-corrected chi connectivity index (χ2v) is 6.82. The molecule has 140 valence electrons. The van der Waals surface area contributed by atoms with E-state index in [1.54, 1.807) is 36.4 Å². The lowest BCUT2D eigenvalue weighted by molar-refractivity contribution is -0.117. The number of halogens is 2. The molecule has 1 aromatic heterocycles. The van der Waals surface area contributed by atoms with Crippen LogP contribution in [0.15, 0.2) is 47.3 Å². The second-order valence-electron chi connectivity index (χ2n) is 6.01. The number of rotatable bonds is 6. The normalized spacial score (nSPS) is 11.1. The van der Waals surface area contributed by atoms with Crippen molar-refractivity contribution in [3.63, 3.8) is 0 Å². The number of likely N-dealkylation sites (N-methyl/N-ethyl adjacent to an activating group) is 1. The quantitative estimate of drug-likeness (QED) is 0.656. The number of nitrogens with zero attached hydrogens (tertiary/aromatic N) is 2. The summed E-state index contributed by atoms with van der Waals surface area (Å²) in [7, 11) is 0. The fourth-order valence-corrected chi connectivity index (χ4v) is 2.98. The molecule has 0 saturated heterocycles. The Balaban J connectivity index is 1.69. The predicted molar refractivity (Wildman–Crippen MR) is 108 cm³/mol. The summed E-state index contributed by atoms with van der Waals surface area (Å²) < 4.78 is 0. The van der Waals surface area contributed by atoms with Gasteiger partial charge in [0.25, 0.3) is 5.56 Å². The number of aromatic nitrogens is 2. The number of fused-ring (bicyclic) bond motifs is 1. The first kappa shape index (κ1) is 19.4. The Labute approximate surface area is 166 Å². The van der Waals surface area contributed by atoms with Gasteiger partial charge >= 0.3 is 0 Å². The summed E-state index contributed by atoms with van der Waals surface area (Å²) in [6.07, 6.45) is 0. The van der Waals surface area contributed by atoms with E-state index >= 15 is 0 Å². The molecule has 0 aliphatic heterocycles. The minimum Gasteiger partial charge on any atom is -0.325 e. The van der Waals surface area contributed by atoms with Crippen molar-refractivity contribution in [2.75, 3.05) is 18.4 Å². The van der Waals surface area contributed by atoms with Gasteiger partial charge in [0.2, 0.25) is 5.91 Å². The van der Waals surface area contributed by atoms with Gasteiger partial charge in [-0.3, -0.25) is 14.5 Å². The molecule has 0 bridgehead atoms. The van der Waals surface area contributed by atoms with Crippen molar-refractivity contribution in [1.29, 1.82) is 0 Å². The summed E-state index contributed by atoms with van der Waals surface area (Å²) in [6.45, 7) is 3.05. The van der Waals surface area contributed by atoms with Crippen LogP contribution in [-0.2, 0) is 11.3 Å². The lowest BCUT2D eigenvalue weighted by Gasteiger charge is -2.19. The number of carbonyl (C=O) groups is 1. The molecule has 6 nitrogen and oxygen atoms in total. The number of aromatic amines is 1. The molecule has 0 radical (unpaired) electrons. The van der Waals surface area contributed by atoms with E-state index < -0.39 is 0 Å². The summed E-state index contributed by atoms with van der Waals surface area (Å²) >= 11 is 11.8. The van der Waals surface area contributed by atoms with Crippen molar-refractivity contribution in [2.24, 2.45) is 0 Å². The van der Waals surface area contributed by atoms with Crippen molar-refractivity contribution in [3.8, 4) is 0 Å². The molecule has 27 heavy (non-hydrogen) atoms. The number of anilines is 1. The summed E-state index contributed by atoms with van der Waals surface area (Å²) in [5, 5.41) is 4.13. The van der Waals surface area contributed by atoms with E-state index in [0.717, 1.165) is 0 Å². The summed E-state index contributed by atoms with van der Waals surface area (Å²) in [5.41, 5.74) is 1.02. The monoisotopic (exact) mass is 404 g/mol. The van der Waals surface area contributed by atoms with Gasteiger partial charge < -0.3 is 10.3 Å². The van der Waals surface area contributed by atoms with Crippen LogP contribution in [-0.4, -0.2) is 33.9 Å². The van der Waals surface area contributed by atoms with Crippen molar-refractivity contribution in [3.05, 3.63) is 68.7 Å². The molecule has 0 fully saturated rings. The Morgan fingerprint density at radius 2 is 1.96 bits per heavy atom. The Hall–Kier alpha value is -2.41. The van der Waals surface area contributed by atoms with Crippen molar-refractivity contribution in [1.82, 2.24) is 14.9 Å². The van der Waals surface area contributed by atoms with Gasteiger partial charge in [0, 0.05) is 5.69 Å². The number of carbonyl (C=O) groups excluding carboxylic acids is 1. The largest absolute Gasteiger partial charge is 0.325 e. The zero-order chi connectivity index (χ0) is 19.4. The summed E-state index contributed by atoms with van der Waals surface area (Å²) in [4.78, 5) is 33.6. The first-order valence-corrected chi connectivity index (χ1v) is 9.17. The first-order chi connectivity index (χ1) is 13.0. The highest BCUT2D eigenvalue weighted by molar-refractivity contribution is 6.42. The molecule has 1 amide bonds. The van der Waals surface area contributed by atoms with Gasteiger partial charge in [0.15, 0.2) is 0 Å². The van der Waals surface area contributed by atoms with E-state index in [1.807, 2.05) is 17.9 Å². The molecule has 1 heterocycles. The Morgan fingerprint density at radius 1 is 1.19 bits per heavy atom. The van der Waals surface area contributed by atoms with Gasteiger partial charge in [0.05, 0.1) is 34.0 Å². The van der Waals surface area contributed by atoms with Crippen LogP contribution >= 0.6 is 23.2 Å². The average molecular weight is 405 g/mol. The number of amides is 1. The third kappa shape index (κ3) is 4.86. The maximum atomic E-state index is 12.3. The number of hydrogen-bond donors (Lipinski definition) is 2.